The van der Waals surface area contributed by atoms with Crippen molar-refractivity contribution in [1.29, 1.82) is 0 Å². The zero-order valence-electron chi connectivity index (χ0n) is 16.5. The summed E-state index contributed by atoms with van der Waals surface area (Å²) in [6.45, 7) is 1.76. The fourth-order valence-corrected chi connectivity index (χ4v) is 3.44. The van der Waals surface area contributed by atoms with Crippen LogP contribution in [0.4, 0.5) is 4.39 Å². The zero-order chi connectivity index (χ0) is 20.5. The van der Waals surface area contributed by atoms with Gasteiger partial charge in [-0.3, -0.25) is 0 Å². The lowest BCUT2D eigenvalue weighted by atomic mass is 10.2. The molecular formula is C20H24FN5O2S. The molecule has 0 aliphatic heterocycles. The van der Waals surface area contributed by atoms with Crippen LogP contribution in [0.1, 0.15) is 17.5 Å². The van der Waals surface area contributed by atoms with Gasteiger partial charge in [0.2, 0.25) is 5.16 Å². The molecule has 0 bridgehead atoms. The smallest absolute Gasteiger partial charge is 0.209 e. The number of benzene rings is 2. The van der Waals surface area contributed by atoms with Gasteiger partial charge in [0.1, 0.15) is 12.4 Å². The highest BCUT2D eigenvalue weighted by Crippen LogP contribution is 2.29. The largest absolute Gasteiger partial charge is 0.493 e. The molecule has 0 saturated heterocycles. The predicted molar refractivity (Wildman–Crippen MR) is 110 cm³/mol. The summed E-state index contributed by atoms with van der Waals surface area (Å²) in [6, 6.07) is 12.3. The topological polar surface area (TPSA) is 74.1 Å². The van der Waals surface area contributed by atoms with E-state index in [4.69, 9.17) is 9.47 Å². The molecule has 0 aliphatic carbocycles. The number of nitrogens with one attached hydrogen (secondary N) is 1. The molecule has 0 unspecified atom stereocenters. The first-order valence-corrected chi connectivity index (χ1v) is 10.2. The van der Waals surface area contributed by atoms with E-state index in [2.05, 4.69) is 20.8 Å². The van der Waals surface area contributed by atoms with Crippen LogP contribution in [-0.4, -0.2) is 39.6 Å². The number of rotatable bonds is 11. The van der Waals surface area contributed by atoms with Crippen LogP contribution >= 0.6 is 11.8 Å². The maximum absolute atomic E-state index is 13.7. The van der Waals surface area contributed by atoms with Crippen molar-refractivity contribution in [2.75, 3.05) is 19.4 Å². The summed E-state index contributed by atoms with van der Waals surface area (Å²) in [7, 11) is 3.43. The summed E-state index contributed by atoms with van der Waals surface area (Å²) in [5.74, 6) is 1.88. The van der Waals surface area contributed by atoms with Gasteiger partial charge in [-0.15, -0.1) is 5.10 Å². The molecule has 29 heavy (non-hydrogen) atoms. The van der Waals surface area contributed by atoms with E-state index in [0.717, 1.165) is 36.0 Å². The molecule has 0 saturated carbocycles. The number of aryl methyl sites for hydroxylation is 1. The van der Waals surface area contributed by atoms with Crippen molar-refractivity contribution in [3.05, 3.63) is 59.4 Å². The first-order valence-electron chi connectivity index (χ1n) is 9.26. The number of halogens is 1. The van der Waals surface area contributed by atoms with E-state index < -0.39 is 0 Å². The Balaban J connectivity index is 1.43. The van der Waals surface area contributed by atoms with Crippen molar-refractivity contribution in [2.24, 2.45) is 7.05 Å². The molecular weight excluding hydrogens is 393 g/mol. The average molecular weight is 418 g/mol. The van der Waals surface area contributed by atoms with Crippen LogP contribution in [-0.2, 0) is 20.2 Å². The van der Waals surface area contributed by atoms with Crippen molar-refractivity contribution < 1.29 is 13.9 Å². The molecule has 1 heterocycles. The Hall–Kier alpha value is -2.65. The van der Waals surface area contributed by atoms with Crippen molar-refractivity contribution in [1.82, 2.24) is 25.5 Å². The molecule has 0 amide bonds. The molecule has 0 aliphatic rings. The zero-order valence-corrected chi connectivity index (χ0v) is 17.3. The highest BCUT2D eigenvalue weighted by Gasteiger charge is 2.08. The van der Waals surface area contributed by atoms with Gasteiger partial charge in [0.25, 0.3) is 0 Å². The number of hydrogen-bond acceptors (Lipinski definition) is 7. The van der Waals surface area contributed by atoms with E-state index in [9.17, 15) is 4.39 Å². The summed E-state index contributed by atoms with van der Waals surface area (Å²) in [5.41, 5.74) is 1.60. The lowest BCUT2D eigenvalue weighted by Crippen LogP contribution is -2.15. The standard InChI is InChI=1S/C20H24FN5O2S/c1-26-20(23-24-25-26)29-11-5-10-22-13-15-8-9-18(19(12-15)27-2)28-14-16-6-3-4-7-17(16)21/h3-4,6-9,12,22H,5,10-11,13-14H2,1-2H3. The number of methoxy groups -OCH3 is 1. The van der Waals surface area contributed by atoms with Gasteiger partial charge in [-0.2, -0.15) is 0 Å². The van der Waals surface area contributed by atoms with Gasteiger partial charge >= 0.3 is 0 Å². The summed E-state index contributed by atoms with van der Waals surface area (Å²) < 4.78 is 26.6. The Labute approximate surface area is 173 Å². The Morgan fingerprint density at radius 2 is 2.03 bits per heavy atom. The SMILES string of the molecule is COc1cc(CNCCCSc2nnnn2C)ccc1OCc1ccccc1F. The second kappa shape index (κ2) is 10.8. The fourth-order valence-electron chi connectivity index (χ4n) is 2.65. The van der Waals surface area contributed by atoms with Crippen LogP contribution in [0.15, 0.2) is 47.6 Å². The van der Waals surface area contributed by atoms with Crippen molar-refractivity contribution in [3.63, 3.8) is 0 Å². The monoisotopic (exact) mass is 417 g/mol. The quantitative estimate of drug-likeness (QED) is 0.379. The molecule has 7 nitrogen and oxygen atoms in total. The van der Waals surface area contributed by atoms with Crippen LogP contribution in [0.2, 0.25) is 0 Å². The summed E-state index contributed by atoms with van der Waals surface area (Å²) >= 11 is 1.64. The number of aromatic nitrogens is 4. The second-order valence-electron chi connectivity index (χ2n) is 6.33. The molecule has 154 valence electrons. The third kappa shape index (κ3) is 6.16. The Kier molecular flexibility index (Phi) is 7.83. The second-order valence-corrected chi connectivity index (χ2v) is 7.39. The highest BCUT2D eigenvalue weighted by molar-refractivity contribution is 7.99. The first kappa shape index (κ1) is 21.1. The van der Waals surface area contributed by atoms with Gasteiger partial charge in [-0.25, -0.2) is 9.07 Å². The van der Waals surface area contributed by atoms with Gasteiger partial charge in [-0.05, 0) is 47.2 Å². The van der Waals surface area contributed by atoms with Crippen LogP contribution in [0.25, 0.3) is 0 Å². The minimum Gasteiger partial charge on any atom is -0.493 e. The van der Waals surface area contributed by atoms with E-state index in [1.807, 2.05) is 25.2 Å². The molecule has 0 spiro atoms. The highest BCUT2D eigenvalue weighted by atomic mass is 32.2. The third-order valence-electron chi connectivity index (χ3n) is 4.21. The van der Waals surface area contributed by atoms with Crippen LogP contribution in [0.5, 0.6) is 11.5 Å². The Morgan fingerprint density at radius 1 is 1.17 bits per heavy atom. The van der Waals surface area contributed by atoms with Crippen molar-refractivity contribution in [3.8, 4) is 11.5 Å². The number of hydrogen-bond donors (Lipinski definition) is 1. The van der Waals surface area contributed by atoms with Crippen molar-refractivity contribution in [2.45, 2.75) is 24.7 Å². The lowest BCUT2D eigenvalue weighted by molar-refractivity contribution is 0.279. The van der Waals surface area contributed by atoms with E-state index in [1.165, 1.54) is 6.07 Å². The normalized spacial score (nSPS) is 10.9. The number of ether oxygens (including phenoxy) is 2. The number of thioether (sulfide) groups is 1. The summed E-state index contributed by atoms with van der Waals surface area (Å²) in [5, 5.41) is 15.6. The van der Waals surface area contributed by atoms with Gasteiger partial charge < -0.3 is 14.8 Å². The fraction of sp³-hybridized carbons (Fsp3) is 0.350. The first-order chi connectivity index (χ1) is 14.2. The molecule has 1 aromatic heterocycles. The van der Waals surface area contributed by atoms with Crippen LogP contribution < -0.4 is 14.8 Å². The van der Waals surface area contributed by atoms with E-state index >= 15 is 0 Å². The van der Waals surface area contributed by atoms with Gasteiger partial charge in [0.15, 0.2) is 11.5 Å². The van der Waals surface area contributed by atoms with E-state index in [1.54, 1.807) is 41.8 Å². The molecule has 0 fully saturated rings. The summed E-state index contributed by atoms with van der Waals surface area (Å²) in [6.07, 6.45) is 0.999. The minimum absolute atomic E-state index is 0.152. The molecule has 3 aromatic rings. The molecule has 0 atom stereocenters. The molecule has 0 radical (unpaired) electrons. The third-order valence-corrected chi connectivity index (χ3v) is 5.31. The Bertz CT molecular complexity index is 921. The van der Waals surface area contributed by atoms with Crippen LogP contribution in [0.3, 0.4) is 0 Å². The van der Waals surface area contributed by atoms with Gasteiger partial charge in [0, 0.05) is 24.9 Å². The molecule has 3 rings (SSSR count). The number of nitrogens with zero attached hydrogens (tertiary/aromatic N) is 4. The van der Waals surface area contributed by atoms with Crippen molar-refractivity contribution >= 4 is 11.8 Å². The Morgan fingerprint density at radius 3 is 2.79 bits per heavy atom. The lowest BCUT2D eigenvalue weighted by Gasteiger charge is -2.13. The minimum atomic E-state index is -0.277. The predicted octanol–water partition coefficient (Wildman–Crippen LogP) is 3.21. The van der Waals surface area contributed by atoms with Gasteiger partial charge in [0.05, 0.1) is 7.11 Å². The van der Waals surface area contributed by atoms with Gasteiger partial charge in [-0.1, -0.05) is 36.0 Å². The maximum Gasteiger partial charge on any atom is 0.209 e. The maximum atomic E-state index is 13.7. The van der Waals surface area contributed by atoms with Crippen LogP contribution in [0, 0.1) is 5.82 Å². The van der Waals surface area contributed by atoms with E-state index in [-0.39, 0.29) is 12.4 Å². The number of tetrazole rings is 1. The summed E-state index contributed by atoms with van der Waals surface area (Å²) in [4.78, 5) is 0. The van der Waals surface area contributed by atoms with E-state index in [0.29, 0.717) is 17.1 Å². The average Bonchev–Trinajstić information content (AvgIpc) is 3.15. The molecule has 1 N–H and O–H groups in total. The molecule has 2 aromatic carbocycles. The molecule has 9 heteroatoms.